The van der Waals surface area contributed by atoms with Crippen molar-refractivity contribution in [3.63, 3.8) is 0 Å². The van der Waals surface area contributed by atoms with Crippen molar-refractivity contribution in [2.75, 3.05) is 6.54 Å². The highest BCUT2D eigenvalue weighted by atomic mass is 32.2. The molecule has 2 aromatic rings. The van der Waals surface area contributed by atoms with E-state index < -0.39 is 0 Å². The van der Waals surface area contributed by atoms with Gasteiger partial charge in [0.1, 0.15) is 0 Å². The van der Waals surface area contributed by atoms with Crippen LogP contribution in [0.4, 0.5) is 0 Å². The number of pyridine rings is 1. The smallest absolute Gasteiger partial charge is 0.0467 e. The van der Waals surface area contributed by atoms with Gasteiger partial charge in [0.2, 0.25) is 0 Å². The van der Waals surface area contributed by atoms with Gasteiger partial charge in [-0.15, -0.1) is 11.8 Å². The molecule has 1 aliphatic carbocycles. The average Bonchev–Trinajstić information content (AvgIpc) is 2.93. The summed E-state index contributed by atoms with van der Waals surface area (Å²) in [6, 6.07) is 11.0. The second-order valence-electron chi connectivity index (χ2n) is 4.91. The topological polar surface area (TPSA) is 38.9 Å². The molecule has 0 bridgehead atoms. The summed E-state index contributed by atoms with van der Waals surface area (Å²) in [4.78, 5) is 5.39. The van der Waals surface area contributed by atoms with Crippen LogP contribution in [0.25, 0.3) is 0 Å². The highest BCUT2D eigenvalue weighted by molar-refractivity contribution is 7.99. The summed E-state index contributed by atoms with van der Waals surface area (Å²) in [6.07, 6.45) is 7.44. The molecule has 1 heterocycles. The lowest BCUT2D eigenvalue weighted by Gasteiger charge is -2.15. The van der Waals surface area contributed by atoms with Gasteiger partial charge in [-0.25, -0.2) is 0 Å². The van der Waals surface area contributed by atoms with Gasteiger partial charge in [0.05, 0.1) is 0 Å². The van der Waals surface area contributed by atoms with E-state index in [-0.39, 0.29) is 0 Å². The molecular weight excluding hydrogens is 252 g/mol. The van der Waals surface area contributed by atoms with E-state index in [1.165, 1.54) is 40.8 Å². The number of nitrogens with zero attached hydrogens (tertiary/aromatic N) is 1. The second-order valence-corrected chi connectivity index (χ2v) is 6.18. The van der Waals surface area contributed by atoms with Crippen molar-refractivity contribution in [3.8, 4) is 0 Å². The Balaban J connectivity index is 1.80. The van der Waals surface area contributed by atoms with Crippen LogP contribution >= 0.6 is 11.8 Å². The quantitative estimate of drug-likeness (QED) is 0.866. The zero-order valence-electron chi connectivity index (χ0n) is 10.9. The Morgan fingerprint density at radius 1 is 1.11 bits per heavy atom. The summed E-state index contributed by atoms with van der Waals surface area (Å²) in [6.45, 7) is 0.645. The van der Waals surface area contributed by atoms with Gasteiger partial charge in [0, 0.05) is 29.1 Å². The minimum absolute atomic E-state index is 0.308. The fourth-order valence-corrected chi connectivity index (χ4v) is 3.69. The van der Waals surface area contributed by atoms with E-state index >= 15 is 0 Å². The Kier molecular flexibility index (Phi) is 3.85. The summed E-state index contributed by atoms with van der Waals surface area (Å²) < 4.78 is 0. The molecule has 2 N–H and O–H groups in total. The molecule has 0 saturated heterocycles. The van der Waals surface area contributed by atoms with Crippen LogP contribution in [0, 0.1) is 0 Å². The van der Waals surface area contributed by atoms with E-state index in [0.717, 1.165) is 0 Å². The molecule has 1 unspecified atom stereocenters. The molecule has 3 heteroatoms. The van der Waals surface area contributed by atoms with Crippen molar-refractivity contribution >= 4 is 11.8 Å². The standard InChI is InChI=1S/C16H18N2S/c17-11-16(13-6-8-18-9-7-13)19-15-5-4-12-2-1-3-14(12)10-15/h4-10,16H,1-3,11,17H2. The molecule has 0 aliphatic heterocycles. The number of thioether (sulfide) groups is 1. The highest BCUT2D eigenvalue weighted by Crippen LogP contribution is 2.36. The van der Waals surface area contributed by atoms with Crippen molar-refractivity contribution in [2.45, 2.75) is 29.4 Å². The number of fused-ring (bicyclic) bond motifs is 1. The minimum Gasteiger partial charge on any atom is -0.329 e. The zero-order chi connectivity index (χ0) is 13.1. The maximum atomic E-state index is 5.92. The predicted octanol–water partition coefficient (Wildman–Crippen LogP) is 3.36. The van der Waals surface area contributed by atoms with Crippen LogP contribution in [0.15, 0.2) is 47.6 Å². The van der Waals surface area contributed by atoms with Crippen molar-refractivity contribution in [2.24, 2.45) is 5.73 Å². The molecule has 1 atom stereocenters. The number of aromatic nitrogens is 1. The summed E-state index contributed by atoms with van der Waals surface area (Å²) >= 11 is 1.86. The van der Waals surface area contributed by atoms with Crippen molar-refractivity contribution < 1.29 is 0 Å². The molecule has 98 valence electrons. The summed E-state index contributed by atoms with van der Waals surface area (Å²) in [5.74, 6) is 0. The lowest BCUT2D eigenvalue weighted by atomic mass is 10.1. The van der Waals surface area contributed by atoms with Crippen LogP contribution in [0.3, 0.4) is 0 Å². The van der Waals surface area contributed by atoms with E-state index in [1.807, 2.05) is 24.2 Å². The maximum Gasteiger partial charge on any atom is 0.0467 e. The van der Waals surface area contributed by atoms with Crippen LogP contribution < -0.4 is 5.73 Å². The molecule has 3 rings (SSSR count). The molecule has 0 fully saturated rings. The molecule has 1 aromatic carbocycles. The summed E-state index contributed by atoms with van der Waals surface area (Å²) in [5.41, 5.74) is 10.2. The third-order valence-corrected chi connectivity index (χ3v) is 4.92. The Morgan fingerprint density at radius 3 is 2.68 bits per heavy atom. The van der Waals surface area contributed by atoms with E-state index in [0.29, 0.717) is 11.8 Å². The molecule has 1 aliphatic rings. The lowest BCUT2D eigenvalue weighted by molar-refractivity contribution is 0.911. The van der Waals surface area contributed by atoms with Gasteiger partial charge in [-0.1, -0.05) is 6.07 Å². The number of nitrogens with two attached hydrogens (primary N) is 1. The normalized spacial score (nSPS) is 15.2. The summed E-state index contributed by atoms with van der Waals surface area (Å²) in [7, 11) is 0. The Morgan fingerprint density at radius 2 is 1.89 bits per heavy atom. The first-order valence-electron chi connectivity index (χ1n) is 6.75. The van der Waals surface area contributed by atoms with Crippen LogP contribution in [0.2, 0.25) is 0 Å². The van der Waals surface area contributed by atoms with Gasteiger partial charge in [-0.2, -0.15) is 0 Å². The molecule has 1 aromatic heterocycles. The molecule has 0 amide bonds. The van der Waals surface area contributed by atoms with Crippen LogP contribution in [-0.4, -0.2) is 11.5 Å². The van der Waals surface area contributed by atoms with E-state index in [1.54, 1.807) is 0 Å². The van der Waals surface area contributed by atoms with Gasteiger partial charge >= 0.3 is 0 Å². The van der Waals surface area contributed by atoms with Crippen LogP contribution in [-0.2, 0) is 12.8 Å². The first kappa shape index (κ1) is 12.7. The number of benzene rings is 1. The number of aryl methyl sites for hydroxylation is 2. The Bertz CT molecular complexity index is 554. The van der Waals surface area contributed by atoms with Gasteiger partial charge < -0.3 is 5.73 Å². The predicted molar refractivity (Wildman–Crippen MR) is 80.4 cm³/mol. The van der Waals surface area contributed by atoms with E-state index in [4.69, 9.17) is 5.73 Å². The van der Waals surface area contributed by atoms with Crippen molar-refractivity contribution in [1.82, 2.24) is 4.98 Å². The number of rotatable bonds is 4. The lowest BCUT2D eigenvalue weighted by Crippen LogP contribution is -2.09. The fraction of sp³-hybridized carbons (Fsp3) is 0.312. The first-order chi connectivity index (χ1) is 9.36. The average molecular weight is 270 g/mol. The SMILES string of the molecule is NCC(Sc1ccc2c(c1)CCC2)c1ccncc1. The third-order valence-electron chi connectivity index (χ3n) is 3.64. The number of hydrogen-bond acceptors (Lipinski definition) is 3. The molecule has 0 spiro atoms. The summed E-state index contributed by atoms with van der Waals surface area (Å²) in [5, 5.41) is 0.308. The zero-order valence-corrected chi connectivity index (χ0v) is 11.7. The molecule has 2 nitrogen and oxygen atoms in total. The second kappa shape index (κ2) is 5.76. The highest BCUT2D eigenvalue weighted by Gasteiger charge is 2.14. The van der Waals surface area contributed by atoms with E-state index in [2.05, 4.69) is 35.3 Å². The Hall–Kier alpha value is -1.32. The molecule has 0 saturated carbocycles. The van der Waals surface area contributed by atoms with Crippen LogP contribution in [0.5, 0.6) is 0 Å². The van der Waals surface area contributed by atoms with Gasteiger partial charge in [0.15, 0.2) is 0 Å². The van der Waals surface area contributed by atoms with Gasteiger partial charge in [-0.3, -0.25) is 4.98 Å². The van der Waals surface area contributed by atoms with E-state index in [9.17, 15) is 0 Å². The largest absolute Gasteiger partial charge is 0.329 e. The fourth-order valence-electron chi connectivity index (χ4n) is 2.62. The van der Waals surface area contributed by atoms with Crippen molar-refractivity contribution in [3.05, 3.63) is 59.4 Å². The number of hydrogen-bond donors (Lipinski definition) is 1. The molecular formula is C16H18N2S. The minimum atomic E-state index is 0.308. The first-order valence-corrected chi connectivity index (χ1v) is 7.63. The van der Waals surface area contributed by atoms with Crippen LogP contribution in [0.1, 0.15) is 28.4 Å². The van der Waals surface area contributed by atoms with Gasteiger partial charge in [-0.05, 0) is 60.2 Å². The van der Waals surface area contributed by atoms with Gasteiger partial charge in [0.25, 0.3) is 0 Å². The maximum absolute atomic E-state index is 5.92. The third kappa shape index (κ3) is 2.82. The Labute approximate surface area is 118 Å². The van der Waals surface area contributed by atoms with Crippen molar-refractivity contribution in [1.29, 1.82) is 0 Å². The monoisotopic (exact) mass is 270 g/mol. The molecule has 0 radical (unpaired) electrons. The molecule has 19 heavy (non-hydrogen) atoms.